The van der Waals surface area contributed by atoms with Crippen LogP contribution in [0.4, 0.5) is 4.79 Å². The summed E-state index contributed by atoms with van der Waals surface area (Å²) in [7, 11) is 0. The number of rotatable bonds is 5. The number of nitrogens with zero attached hydrogens (tertiary/aromatic N) is 1. The monoisotopic (exact) mass is 304 g/mol. The van der Waals surface area contributed by atoms with Gasteiger partial charge in [-0.05, 0) is 12.5 Å². The molecule has 1 aromatic carbocycles. The summed E-state index contributed by atoms with van der Waals surface area (Å²) in [5.41, 5.74) is 1.000. The van der Waals surface area contributed by atoms with E-state index in [0.29, 0.717) is 25.6 Å². The minimum absolute atomic E-state index is 0.240. The molecule has 6 nitrogen and oxygen atoms in total. The number of carbonyl (C=O) groups is 2. The molecule has 1 aliphatic rings. The number of urea groups is 1. The average molecular weight is 304 g/mol. The molecule has 0 unspecified atom stereocenters. The first kappa shape index (κ1) is 16.5. The largest absolute Gasteiger partial charge is 0.334 e. The number of hydrogen-bond donors (Lipinski definition) is 3. The van der Waals surface area contributed by atoms with Crippen LogP contribution in [0.2, 0.25) is 0 Å². The highest BCUT2D eigenvalue weighted by Crippen LogP contribution is 2.03. The molecule has 3 N–H and O–H groups in total. The molecule has 22 heavy (non-hydrogen) atoms. The van der Waals surface area contributed by atoms with Crippen molar-refractivity contribution < 1.29 is 9.59 Å². The first-order valence-electron chi connectivity index (χ1n) is 7.71. The smallest absolute Gasteiger partial charge is 0.321 e. The number of nitrogens with one attached hydrogen (secondary N) is 3. The second kappa shape index (κ2) is 8.51. The molecule has 6 heteroatoms. The number of piperazine rings is 1. The van der Waals surface area contributed by atoms with Crippen LogP contribution in [-0.2, 0) is 11.3 Å². The van der Waals surface area contributed by atoms with E-state index in [1.54, 1.807) is 0 Å². The Hall–Kier alpha value is -1.92. The summed E-state index contributed by atoms with van der Waals surface area (Å²) in [5.74, 6) is -0.240. The first-order chi connectivity index (χ1) is 10.6. The van der Waals surface area contributed by atoms with Crippen molar-refractivity contribution in [3.8, 4) is 0 Å². The molecular formula is C16H24N4O2. The van der Waals surface area contributed by atoms with Gasteiger partial charge in [0, 0.05) is 45.2 Å². The Balaban J connectivity index is 1.64. The third kappa shape index (κ3) is 5.46. The second-order valence-electron chi connectivity index (χ2n) is 5.56. The molecule has 120 valence electrons. The van der Waals surface area contributed by atoms with Crippen molar-refractivity contribution in [2.45, 2.75) is 25.9 Å². The second-order valence-corrected chi connectivity index (χ2v) is 5.56. The van der Waals surface area contributed by atoms with Crippen LogP contribution in [0.5, 0.6) is 0 Å². The van der Waals surface area contributed by atoms with Gasteiger partial charge < -0.3 is 10.6 Å². The number of amides is 3. The SMILES string of the molecule is C[C@@H]1CNCCN1CCC(=O)NC(=O)NCc1ccccc1. The molecule has 0 aliphatic carbocycles. The Morgan fingerprint density at radius 2 is 2.09 bits per heavy atom. The van der Waals surface area contributed by atoms with Gasteiger partial charge >= 0.3 is 6.03 Å². The van der Waals surface area contributed by atoms with Crippen molar-refractivity contribution >= 4 is 11.9 Å². The van der Waals surface area contributed by atoms with Crippen LogP contribution in [0.3, 0.4) is 0 Å². The molecular weight excluding hydrogens is 280 g/mol. The van der Waals surface area contributed by atoms with E-state index in [1.165, 1.54) is 0 Å². The van der Waals surface area contributed by atoms with Crippen molar-refractivity contribution in [3.63, 3.8) is 0 Å². The Kier molecular flexibility index (Phi) is 6.36. The van der Waals surface area contributed by atoms with Crippen LogP contribution in [0.15, 0.2) is 30.3 Å². The average Bonchev–Trinajstić information content (AvgIpc) is 2.53. The lowest BCUT2D eigenvalue weighted by Crippen LogP contribution is -2.50. The molecule has 1 aliphatic heterocycles. The molecule has 1 atom stereocenters. The van der Waals surface area contributed by atoms with Crippen LogP contribution in [0.1, 0.15) is 18.9 Å². The molecule has 3 amide bonds. The minimum atomic E-state index is -0.442. The summed E-state index contributed by atoms with van der Waals surface area (Å²) >= 11 is 0. The summed E-state index contributed by atoms with van der Waals surface area (Å²) < 4.78 is 0. The van der Waals surface area contributed by atoms with Crippen molar-refractivity contribution in [1.29, 1.82) is 0 Å². The molecule has 1 aromatic rings. The standard InChI is InChI=1S/C16H24N4O2/c1-13-11-17-8-10-20(13)9-7-15(21)19-16(22)18-12-14-5-3-2-4-6-14/h2-6,13,17H,7-12H2,1H3,(H2,18,19,21,22)/t13-/m1/s1. The fraction of sp³-hybridized carbons (Fsp3) is 0.500. The fourth-order valence-corrected chi connectivity index (χ4v) is 2.47. The number of carbonyl (C=O) groups excluding carboxylic acids is 2. The van der Waals surface area contributed by atoms with E-state index in [1.807, 2.05) is 30.3 Å². The summed E-state index contributed by atoms with van der Waals surface area (Å²) in [5, 5.41) is 8.37. The van der Waals surface area contributed by atoms with Gasteiger partial charge in [0.05, 0.1) is 0 Å². The maximum atomic E-state index is 11.8. The van der Waals surface area contributed by atoms with E-state index in [4.69, 9.17) is 0 Å². The van der Waals surface area contributed by atoms with Crippen LogP contribution in [0.25, 0.3) is 0 Å². The highest BCUT2D eigenvalue weighted by atomic mass is 16.2. The maximum Gasteiger partial charge on any atom is 0.321 e. The zero-order chi connectivity index (χ0) is 15.8. The summed E-state index contributed by atoms with van der Waals surface area (Å²) in [6, 6.07) is 9.57. The normalized spacial score (nSPS) is 18.7. The molecule has 0 spiro atoms. The van der Waals surface area contributed by atoms with Crippen molar-refractivity contribution in [1.82, 2.24) is 20.9 Å². The molecule has 0 radical (unpaired) electrons. The summed E-state index contributed by atoms with van der Waals surface area (Å²) in [4.78, 5) is 25.7. The van der Waals surface area contributed by atoms with Gasteiger partial charge in [0.2, 0.25) is 5.91 Å². The number of hydrogen-bond acceptors (Lipinski definition) is 4. The Morgan fingerprint density at radius 1 is 1.32 bits per heavy atom. The predicted molar refractivity (Wildman–Crippen MR) is 85.3 cm³/mol. The van der Waals surface area contributed by atoms with Gasteiger partial charge in [-0.2, -0.15) is 0 Å². The Bertz CT molecular complexity index is 492. The van der Waals surface area contributed by atoms with E-state index >= 15 is 0 Å². The predicted octanol–water partition coefficient (Wildman–Crippen LogP) is 0.696. The lowest BCUT2D eigenvalue weighted by molar-refractivity contribution is -0.120. The zero-order valence-corrected chi connectivity index (χ0v) is 13.0. The van der Waals surface area contributed by atoms with Gasteiger partial charge in [0.1, 0.15) is 0 Å². The molecule has 0 saturated carbocycles. The highest BCUT2D eigenvalue weighted by molar-refractivity contribution is 5.94. The van der Waals surface area contributed by atoms with Gasteiger partial charge in [-0.1, -0.05) is 30.3 Å². The lowest BCUT2D eigenvalue weighted by Gasteiger charge is -2.33. The zero-order valence-electron chi connectivity index (χ0n) is 13.0. The third-order valence-electron chi connectivity index (χ3n) is 3.81. The first-order valence-corrected chi connectivity index (χ1v) is 7.71. The van der Waals surface area contributed by atoms with E-state index in [-0.39, 0.29) is 5.91 Å². The van der Waals surface area contributed by atoms with Crippen LogP contribution >= 0.6 is 0 Å². The number of benzene rings is 1. The summed E-state index contributed by atoms with van der Waals surface area (Å²) in [6.45, 7) is 6.06. The maximum absolute atomic E-state index is 11.8. The van der Waals surface area contributed by atoms with Gasteiger partial charge in [-0.3, -0.25) is 15.0 Å². The van der Waals surface area contributed by atoms with Gasteiger partial charge in [0.15, 0.2) is 0 Å². The van der Waals surface area contributed by atoms with E-state index in [0.717, 1.165) is 25.2 Å². The topological polar surface area (TPSA) is 73.5 Å². The molecule has 0 aromatic heterocycles. The molecule has 1 heterocycles. The minimum Gasteiger partial charge on any atom is -0.334 e. The fourth-order valence-electron chi connectivity index (χ4n) is 2.47. The van der Waals surface area contributed by atoms with E-state index in [9.17, 15) is 9.59 Å². The van der Waals surface area contributed by atoms with E-state index < -0.39 is 6.03 Å². The van der Waals surface area contributed by atoms with Crippen molar-refractivity contribution in [3.05, 3.63) is 35.9 Å². The van der Waals surface area contributed by atoms with Gasteiger partial charge in [-0.25, -0.2) is 4.79 Å². The molecule has 1 saturated heterocycles. The van der Waals surface area contributed by atoms with E-state index in [2.05, 4.69) is 27.8 Å². The third-order valence-corrected chi connectivity index (χ3v) is 3.81. The lowest BCUT2D eigenvalue weighted by atomic mass is 10.2. The molecule has 1 fully saturated rings. The summed E-state index contributed by atoms with van der Waals surface area (Å²) in [6.07, 6.45) is 0.336. The Morgan fingerprint density at radius 3 is 2.82 bits per heavy atom. The van der Waals surface area contributed by atoms with Crippen LogP contribution in [-0.4, -0.2) is 49.1 Å². The molecule has 0 bridgehead atoms. The van der Waals surface area contributed by atoms with Crippen molar-refractivity contribution in [2.75, 3.05) is 26.2 Å². The number of imide groups is 1. The Labute approximate surface area is 131 Å². The van der Waals surface area contributed by atoms with Crippen LogP contribution in [0, 0.1) is 0 Å². The highest BCUT2D eigenvalue weighted by Gasteiger charge is 2.18. The quantitative estimate of drug-likeness (QED) is 0.748. The van der Waals surface area contributed by atoms with Crippen molar-refractivity contribution in [2.24, 2.45) is 0 Å². The van der Waals surface area contributed by atoms with Crippen LogP contribution < -0.4 is 16.0 Å². The van der Waals surface area contributed by atoms with Gasteiger partial charge in [0.25, 0.3) is 0 Å². The molecule has 2 rings (SSSR count). The van der Waals surface area contributed by atoms with Gasteiger partial charge in [-0.15, -0.1) is 0 Å².